The Balaban J connectivity index is 2.44. The van der Waals surface area contributed by atoms with Crippen LogP contribution >= 0.6 is 23.4 Å². The van der Waals surface area contributed by atoms with Gasteiger partial charge in [0.2, 0.25) is 0 Å². The quantitative estimate of drug-likeness (QED) is 0.712. The number of hydrogen-bond donors (Lipinski definition) is 0. The molecule has 1 unspecified atom stereocenters. The second kappa shape index (κ2) is 5.50. The van der Waals surface area contributed by atoms with Gasteiger partial charge in [0.05, 0.1) is 5.75 Å². The van der Waals surface area contributed by atoms with E-state index >= 15 is 0 Å². The molecular weight excluding hydrogens is 206 g/mol. The minimum Gasteiger partial charge on any atom is -0.250 e. The van der Waals surface area contributed by atoms with Gasteiger partial charge in [0, 0.05) is 17.7 Å². The first kappa shape index (κ1) is 10.9. The average Bonchev–Trinajstić information content (AvgIpc) is 2.61. The van der Waals surface area contributed by atoms with Crippen molar-refractivity contribution in [3.63, 3.8) is 0 Å². The Morgan fingerprint density at radius 3 is 3.08 bits per heavy atom. The molecule has 0 fully saturated rings. The first-order valence-corrected chi connectivity index (χ1v) is 5.90. The van der Waals surface area contributed by atoms with E-state index in [0.29, 0.717) is 11.1 Å². The van der Waals surface area contributed by atoms with Gasteiger partial charge in [0.25, 0.3) is 0 Å². The van der Waals surface area contributed by atoms with Crippen LogP contribution in [0.25, 0.3) is 0 Å². The zero-order valence-corrected chi connectivity index (χ0v) is 9.48. The van der Waals surface area contributed by atoms with Crippen molar-refractivity contribution in [1.82, 2.24) is 14.8 Å². The van der Waals surface area contributed by atoms with Crippen LogP contribution in [0.2, 0.25) is 0 Å². The molecule has 0 saturated carbocycles. The molecule has 0 saturated heterocycles. The second-order valence-corrected chi connectivity index (χ2v) is 4.50. The van der Waals surface area contributed by atoms with E-state index in [2.05, 4.69) is 23.9 Å². The Labute approximate surface area is 87.9 Å². The predicted molar refractivity (Wildman–Crippen MR) is 57.2 cm³/mol. The molecule has 0 aliphatic carbocycles. The maximum atomic E-state index is 5.70. The lowest BCUT2D eigenvalue weighted by atomic mass is 10.6. The van der Waals surface area contributed by atoms with Crippen LogP contribution in [-0.2, 0) is 12.3 Å². The summed E-state index contributed by atoms with van der Waals surface area (Å²) in [6.45, 7) is 5.06. The highest BCUT2D eigenvalue weighted by atomic mass is 35.5. The lowest BCUT2D eigenvalue weighted by molar-refractivity contribution is 0.632. The number of aromatic nitrogens is 3. The van der Waals surface area contributed by atoms with Crippen LogP contribution < -0.4 is 0 Å². The highest BCUT2D eigenvalue weighted by Crippen LogP contribution is 2.16. The summed E-state index contributed by atoms with van der Waals surface area (Å²) in [6, 6.07) is 0. The molecule has 1 heterocycles. The summed E-state index contributed by atoms with van der Waals surface area (Å²) < 4.78 is 1.91. The molecule has 0 bridgehead atoms. The molecule has 1 atom stereocenters. The van der Waals surface area contributed by atoms with Crippen molar-refractivity contribution in [3.05, 3.63) is 12.2 Å². The molecule has 0 aromatic carbocycles. The van der Waals surface area contributed by atoms with E-state index in [9.17, 15) is 0 Å². The van der Waals surface area contributed by atoms with Gasteiger partial charge in [0.1, 0.15) is 12.2 Å². The number of aryl methyl sites for hydroxylation is 1. The SMILES string of the molecule is CCn1ncnc1CSC(C)CCl. The van der Waals surface area contributed by atoms with E-state index in [1.807, 2.05) is 16.4 Å². The number of thioether (sulfide) groups is 1. The summed E-state index contributed by atoms with van der Waals surface area (Å²) >= 11 is 7.51. The van der Waals surface area contributed by atoms with Crippen molar-refractivity contribution < 1.29 is 0 Å². The summed E-state index contributed by atoms with van der Waals surface area (Å²) in [5, 5.41) is 4.57. The van der Waals surface area contributed by atoms with Crippen molar-refractivity contribution in [2.45, 2.75) is 31.4 Å². The van der Waals surface area contributed by atoms with Crippen molar-refractivity contribution in [2.75, 3.05) is 5.88 Å². The van der Waals surface area contributed by atoms with Gasteiger partial charge in [-0.2, -0.15) is 5.10 Å². The highest BCUT2D eigenvalue weighted by Gasteiger charge is 2.05. The third-order valence-corrected chi connectivity index (χ3v) is 3.52. The van der Waals surface area contributed by atoms with Crippen LogP contribution in [0.5, 0.6) is 0 Å². The zero-order chi connectivity index (χ0) is 9.68. The molecule has 0 spiro atoms. The van der Waals surface area contributed by atoms with Gasteiger partial charge < -0.3 is 0 Å². The van der Waals surface area contributed by atoms with Crippen LogP contribution in [0.4, 0.5) is 0 Å². The van der Waals surface area contributed by atoms with E-state index in [-0.39, 0.29) is 0 Å². The topological polar surface area (TPSA) is 30.7 Å². The Morgan fingerprint density at radius 1 is 1.69 bits per heavy atom. The molecule has 1 rings (SSSR count). The average molecular weight is 220 g/mol. The molecule has 0 aliphatic heterocycles. The molecule has 0 radical (unpaired) electrons. The first-order chi connectivity index (χ1) is 6.27. The van der Waals surface area contributed by atoms with Crippen LogP contribution in [0.3, 0.4) is 0 Å². The minimum absolute atomic E-state index is 0.476. The molecule has 0 N–H and O–H groups in total. The molecule has 0 amide bonds. The van der Waals surface area contributed by atoms with Gasteiger partial charge in [-0.15, -0.1) is 23.4 Å². The highest BCUT2D eigenvalue weighted by molar-refractivity contribution is 7.99. The standard InChI is InChI=1S/C8H14ClN3S/c1-3-12-8(10-6-11-12)5-13-7(2)4-9/h6-7H,3-5H2,1-2H3. The molecule has 1 aromatic heterocycles. The number of hydrogen-bond acceptors (Lipinski definition) is 3. The molecular formula is C8H14ClN3S. The van der Waals surface area contributed by atoms with Crippen molar-refractivity contribution in [3.8, 4) is 0 Å². The van der Waals surface area contributed by atoms with Crippen LogP contribution in [0.1, 0.15) is 19.7 Å². The van der Waals surface area contributed by atoms with Crippen molar-refractivity contribution in [1.29, 1.82) is 0 Å². The summed E-state index contributed by atoms with van der Waals surface area (Å²) in [5.41, 5.74) is 0. The number of halogens is 1. The van der Waals surface area contributed by atoms with Gasteiger partial charge in [-0.3, -0.25) is 0 Å². The Bertz CT molecular complexity index is 251. The molecule has 13 heavy (non-hydrogen) atoms. The van der Waals surface area contributed by atoms with Gasteiger partial charge in [0.15, 0.2) is 0 Å². The first-order valence-electron chi connectivity index (χ1n) is 4.32. The summed E-state index contributed by atoms with van der Waals surface area (Å²) in [4.78, 5) is 4.18. The van der Waals surface area contributed by atoms with Gasteiger partial charge in [-0.1, -0.05) is 6.92 Å². The van der Waals surface area contributed by atoms with Gasteiger partial charge in [-0.25, -0.2) is 9.67 Å². The molecule has 3 nitrogen and oxygen atoms in total. The van der Waals surface area contributed by atoms with Crippen LogP contribution in [-0.4, -0.2) is 25.9 Å². The normalized spacial score (nSPS) is 13.2. The largest absolute Gasteiger partial charge is 0.250 e. The lowest BCUT2D eigenvalue weighted by Gasteiger charge is -2.06. The third-order valence-electron chi connectivity index (χ3n) is 1.71. The second-order valence-electron chi connectivity index (χ2n) is 2.77. The fourth-order valence-corrected chi connectivity index (χ4v) is 1.94. The summed E-state index contributed by atoms with van der Waals surface area (Å²) in [7, 11) is 0. The predicted octanol–water partition coefficient (Wildman–Crippen LogP) is 2.16. The smallest absolute Gasteiger partial charge is 0.138 e. The van der Waals surface area contributed by atoms with E-state index in [4.69, 9.17) is 11.6 Å². The Kier molecular flexibility index (Phi) is 4.59. The fourth-order valence-electron chi connectivity index (χ4n) is 0.925. The minimum atomic E-state index is 0.476. The number of alkyl halides is 1. The van der Waals surface area contributed by atoms with Gasteiger partial charge >= 0.3 is 0 Å². The van der Waals surface area contributed by atoms with Crippen LogP contribution in [0, 0.1) is 0 Å². The maximum absolute atomic E-state index is 5.70. The molecule has 1 aromatic rings. The van der Waals surface area contributed by atoms with E-state index in [0.717, 1.165) is 18.1 Å². The number of rotatable bonds is 5. The maximum Gasteiger partial charge on any atom is 0.138 e. The van der Waals surface area contributed by atoms with E-state index in [1.165, 1.54) is 0 Å². The van der Waals surface area contributed by atoms with Crippen molar-refractivity contribution >= 4 is 23.4 Å². The van der Waals surface area contributed by atoms with E-state index < -0.39 is 0 Å². The van der Waals surface area contributed by atoms with Crippen molar-refractivity contribution in [2.24, 2.45) is 0 Å². The zero-order valence-electron chi connectivity index (χ0n) is 7.90. The Morgan fingerprint density at radius 2 is 2.46 bits per heavy atom. The lowest BCUT2D eigenvalue weighted by Crippen LogP contribution is -2.05. The fraction of sp³-hybridized carbons (Fsp3) is 0.750. The summed E-state index contributed by atoms with van der Waals surface area (Å²) in [5.74, 6) is 2.61. The molecule has 5 heteroatoms. The van der Waals surface area contributed by atoms with Crippen LogP contribution in [0.15, 0.2) is 6.33 Å². The molecule has 74 valence electrons. The third kappa shape index (κ3) is 3.19. The van der Waals surface area contributed by atoms with E-state index in [1.54, 1.807) is 6.33 Å². The Hall–Kier alpha value is -0.220. The monoisotopic (exact) mass is 219 g/mol. The molecule has 0 aliphatic rings. The summed E-state index contributed by atoms with van der Waals surface area (Å²) in [6.07, 6.45) is 1.60. The number of nitrogens with zero attached hydrogens (tertiary/aromatic N) is 3. The van der Waals surface area contributed by atoms with Gasteiger partial charge in [-0.05, 0) is 6.92 Å².